The number of anilines is 1. The monoisotopic (exact) mass is 412 g/mol. The van der Waals surface area contributed by atoms with Crippen molar-refractivity contribution in [3.05, 3.63) is 84.4 Å². The smallest absolute Gasteiger partial charge is 0.255 e. The normalized spacial score (nSPS) is 10.9. The fourth-order valence-corrected chi connectivity index (χ4v) is 2.98. The summed E-state index contributed by atoms with van der Waals surface area (Å²) in [5.74, 6) is 1.07. The first-order valence-electron chi connectivity index (χ1n) is 8.77. The Hall–Kier alpha value is -3.36. The lowest BCUT2D eigenvalue weighted by Gasteiger charge is -2.09. The van der Waals surface area contributed by atoms with E-state index in [1.54, 1.807) is 24.3 Å². The highest BCUT2D eigenvalue weighted by atomic mass is 32.2. The maximum atomic E-state index is 12.3. The third-order valence-corrected chi connectivity index (χ3v) is 4.85. The molecule has 0 atom stereocenters. The summed E-state index contributed by atoms with van der Waals surface area (Å²) < 4.78 is 33.7. The van der Waals surface area contributed by atoms with Gasteiger partial charge in [-0.05, 0) is 60.7 Å². The number of benzene rings is 3. The molecule has 0 saturated carbocycles. The highest BCUT2D eigenvalue weighted by Gasteiger charge is 2.09. The summed E-state index contributed by atoms with van der Waals surface area (Å²) in [6, 6.07) is 21.7. The fourth-order valence-electron chi connectivity index (χ4n) is 2.47. The lowest BCUT2D eigenvalue weighted by molar-refractivity contribution is 0.102. The zero-order valence-electron chi connectivity index (χ0n) is 15.4. The standard InChI is InChI=1S/C21H20N2O5S/c22-29(25,26)20-12-8-17(9-13-20)23-21(24)16-6-10-19(11-7-16)28-15-14-27-18-4-2-1-3-5-18/h1-13H,14-15H2,(H,23,24)(H2,22,25,26). The number of amides is 1. The van der Waals surface area contributed by atoms with Crippen molar-refractivity contribution >= 4 is 21.6 Å². The van der Waals surface area contributed by atoms with E-state index < -0.39 is 10.0 Å². The minimum atomic E-state index is -3.77. The van der Waals surface area contributed by atoms with Crippen LogP contribution in [0.3, 0.4) is 0 Å². The second-order valence-corrected chi connectivity index (χ2v) is 7.62. The minimum Gasteiger partial charge on any atom is -0.490 e. The van der Waals surface area contributed by atoms with Crippen LogP contribution >= 0.6 is 0 Å². The van der Waals surface area contributed by atoms with Gasteiger partial charge >= 0.3 is 0 Å². The predicted molar refractivity (Wildman–Crippen MR) is 110 cm³/mol. The van der Waals surface area contributed by atoms with Crippen LogP contribution in [0.1, 0.15) is 10.4 Å². The van der Waals surface area contributed by atoms with Gasteiger partial charge in [0.1, 0.15) is 24.7 Å². The molecule has 3 aromatic carbocycles. The lowest BCUT2D eigenvalue weighted by Crippen LogP contribution is -2.14. The molecule has 1 amide bonds. The molecule has 0 unspecified atom stereocenters. The quantitative estimate of drug-likeness (QED) is 0.553. The molecule has 0 radical (unpaired) electrons. The van der Waals surface area contributed by atoms with E-state index in [1.807, 2.05) is 30.3 Å². The zero-order chi connectivity index (χ0) is 20.7. The van der Waals surface area contributed by atoms with Gasteiger partial charge in [-0.25, -0.2) is 13.6 Å². The van der Waals surface area contributed by atoms with Crippen LogP contribution in [0.5, 0.6) is 11.5 Å². The van der Waals surface area contributed by atoms with E-state index in [0.717, 1.165) is 5.75 Å². The summed E-state index contributed by atoms with van der Waals surface area (Å²) >= 11 is 0. The average Bonchev–Trinajstić information content (AvgIpc) is 2.72. The highest BCUT2D eigenvalue weighted by Crippen LogP contribution is 2.16. The van der Waals surface area contributed by atoms with Crippen LogP contribution in [0.4, 0.5) is 5.69 Å². The van der Waals surface area contributed by atoms with Crippen molar-refractivity contribution in [3.63, 3.8) is 0 Å². The summed E-state index contributed by atoms with van der Waals surface area (Å²) in [6.45, 7) is 0.775. The third kappa shape index (κ3) is 6.06. The maximum Gasteiger partial charge on any atom is 0.255 e. The van der Waals surface area contributed by atoms with Crippen LogP contribution in [-0.4, -0.2) is 27.5 Å². The maximum absolute atomic E-state index is 12.3. The Morgan fingerprint density at radius 3 is 1.90 bits per heavy atom. The number of hydrogen-bond acceptors (Lipinski definition) is 5. The summed E-state index contributed by atoms with van der Waals surface area (Å²) in [5.41, 5.74) is 0.897. The molecule has 3 aromatic rings. The van der Waals surface area contributed by atoms with Gasteiger partial charge in [-0.15, -0.1) is 0 Å². The van der Waals surface area contributed by atoms with Crippen LogP contribution in [0.2, 0.25) is 0 Å². The summed E-state index contributed by atoms with van der Waals surface area (Å²) in [6.07, 6.45) is 0. The first-order valence-corrected chi connectivity index (χ1v) is 10.3. The lowest BCUT2D eigenvalue weighted by atomic mass is 10.2. The molecule has 0 aromatic heterocycles. The van der Waals surface area contributed by atoms with Gasteiger partial charge in [0.05, 0.1) is 4.90 Å². The second-order valence-electron chi connectivity index (χ2n) is 6.06. The molecule has 0 aliphatic carbocycles. The van der Waals surface area contributed by atoms with E-state index >= 15 is 0 Å². The van der Waals surface area contributed by atoms with Crippen LogP contribution in [0.25, 0.3) is 0 Å². The number of hydrogen-bond donors (Lipinski definition) is 2. The molecule has 7 nitrogen and oxygen atoms in total. The third-order valence-electron chi connectivity index (χ3n) is 3.92. The van der Waals surface area contributed by atoms with Crippen molar-refractivity contribution in [2.75, 3.05) is 18.5 Å². The first kappa shape index (κ1) is 20.4. The van der Waals surface area contributed by atoms with E-state index in [4.69, 9.17) is 14.6 Å². The van der Waals surface area contributed by atoms with Crippen LogP contribution in [-0.2, 0) is 10.0 Å². The molecule has 0 spiro atoms. The van der Waals surface area contributed by atoms with Gasteiger partial charge in [0.2, 0.25) is 10.0 Å². The van der Waals surface area contributed by atoms with Crippen LogP contribution in [0.15, 0.2) is 83.8 Å². The molecule has 3 rings (SSSR count). The Kier molecular flexibility index (Phi) is 6.48. The number of carbonyl (C=O) groups excluding carboxylic acids is 1. The number of carbonyl (C=O) groups is 1. The number of primary sulfonamides is 1. The van der Waals surface area contributed by atoms with Gasteiger partial charge in [0.15, 0.2) is 0 Å². The Labute approximate surface area is 169 Å². The molecule has 0 bridgehead atoms. The average molecular weight is 412 g/mol. The Morgan fingerprint density at radius 1 is 0.793 bits per heavy atom. The van der Waals surface area contributed by atoms with Crippen LogP contribution < -0.4 is 19.9 Å². The van der Waals surface area contributed by atoms with E-state index in [9.17, 15) is 13.2 Å². The Morgan fingerprint density at radius 2 is 1.34 bits per heavy atom. The molecule has 0 saturated heterocycles. The van der Waals surface area contributed by atoms with Gasteiger partial charge < -0.3 is 14.8 Å². The van der Waals surface area contributed by atoms with Crippen molar-refractivity contribution in [2.24, 2.45) is 5.14 Å². The molecular formula is C21H20N2O5S. The molecular weight excluding hydrogens is 392 g/mol. The fraction of sp³-hybridized carbons (Fsp3) is 0.0952. The number of ether oxygens (including phenoxy) is 2. The molecule has 0 heterocycles. The molecule has 0 aliphatic heterocycles. The number of nitrogens with one attached hydrogen (secondary N) is 1. The van der Waals surface area contributed by atoms with E-state index in [0.29, 0.717) is 30.2 Å². The Balaban J connectivity index is 1.49. The number of rotatable bonds is 8. The van der Waals surface area contributed by atoms with E-state index in [-0.39, 0.29) is 10.8 Å². The molecule has 0 fully saturated rings. The molecule has 8 heteroatoms. The Bertz CT molecular complexity index is 1050. The number of para-hydroxylation sites is 1. The van der Waals surface area contributed by atoms with Crippen LogP contribution in [0, 0.1) is 0 Å². The van der Waals surface area contributed by atoms with Crippen molar-refractivity contribution in [1.29, 1.82) is 0 Å². The van der Waals surface area contributed by atoms with Gasteiger partial charge in [0, 0.05) is 11.3 Å². The van der Waals surface area contributed by atoms with Crippen molar-refractivity contribution < 1.29 is 22.7 Å². The minimum absolute atomic E-state index is 0.0201. The van der Waals surface area contributed by atoms with Crippen molar-refractivity contribution in [1.82, 2.24) is 0 Å². The summed E-state index contributed by atoms with van der Waals surface area (Å²) in [5, 5.41) is 7.74. The number of sulfonamides is 1. The van der Waals surface area contributed by atoms with E-state index in [1.165, 1.54) is 24.3 Å². The molecule has 150 valence electrons. The SMILES string of the molecule is NS(=O)(=O)c1ccc(NC(=O)c2ccc(OCCOc3ccccc3)cc2)cc1. The summed E-state index contributed by atoms with van der Waals surface area (Å²) in [7, 11) is -3.77. The summed E-state index contributed by atoms with van der Waals surface area (Å²) in [4.78, 5) is 12.3. The van der Waals surface area contributed by atoms with E-state index in [2.05, 4.69) is 5.32 Å². The van der Waals surface area contributed by atoms with Gasteiger partial charge in [0.25, 0.3) is 5.91 Å². The first-order chi connectivity index (χ1) is 13.9. The topological polar surface area (TPSA) is 108 Å². The predicted octanol–water partition coefficient (Wildman–Crippen LogP) is 3.04. The highest BCUT2D eigenvalue weighted by molar-refractivity contribution is 7.89. The number of nitrogens with two attached hydrogens (primary N) is 1. The molecule has 3 N–H and O–H groups in total. The van der Waals surface area contributed by atoms with Crippen molar-refractivity contribution in [3.8, 4) is 11.5 Å². The molecule has 0 aliphatic rings. The molecule has 29 heavy (non-hydrogen) atoms. The zero-order valence-corrected chi connectivity index (χ0v) is 16.3. The van der Waals surface area contributed by atoms with Gasteiger partial charge in [-0.3, -0.25) is 4.79 Å². The largest absolute Gasteiger partial charge is 0.490 e. The van der Waals surface area contributed by atoms with Crippen molar-refractivity contribution in [2.45, 2.75) is 4.90 Å². The van der Waals surface area contributed by atoms with Gasteiger partial charge in [-0.2, -0.15) is 0 Å². The second kappa shape index (κ2) is 9.22. The van der Waals surface area contributed by atoms with Gasteiger partial charge in [-0.1, -0.05) is 18.2 Å².